The SMILES string of the molecule is COc1ccc(-c2csc(NC(=O)/C=C\c3ccc(S(=O)(=O)Cc4ccncc4)cc3)n2)cc1. The molecule has 4 rings (SSSR count). The van der Waals surface area contributed by atoms with Crippen molar-refractivity contribution >= 4 is 38.3 Å². The first kappa shape index (κ1) is 23.3. The maximum atomic E-state index is 12.6. The predicted octanol–water partition coefficient (Wildman–Crippen LogP) is 4.84. The predicted molar refractivity (Wildman–Crippen MR) is 133 cm³/mol. The van der Waals surface area contributed by atoms with Crippen LogP contribution in [0.15, 0.2) is 89.4 Å². The van der Waals surface area contributed by atoms with Gasteiger partial charge in [-0.3, -0.25) is 15.1 Å². The van der Waals surface area contributed by atoms with Crippen molar-refractivity contribution in [2.24, 2.45) is 0 Å². The smallest absolute Gasteiger partial charge is 0.250 e. The van der Waals surface area contributed by atoms with Crippen molar-refractivity contribution in [3.8, 4) is 17.0 Å². The Balaban J connectivity index is 1.36. The summed E-state index contributed by atoms with van der Waals surface area (Å²) in [5.74, 6) is 0.335. The Morgan fingerprint density at radius 1 is 1.03 bits per heavy atom. The van der Waals surface area contributed by atoms with Crippen molar-refractivity contribution in [3.63, 3.8) is 0 Å². The van der Waals surface area contributed by atoms with Crippen molar-refractivity contribution in [2.75, 3.05) is 12.4 Å². The number of aromatic nitrogens is 2. The summed E-state index contributed by atoms with van der Waals surface area (Å²) in [6.45, 7) is 0. The number of sulfone groups is 1. The first-order valence-corrected chi connectivity index (χ1v) is 12.8. The number of amides is 1. The highest BCUT2D eigenvalue weighted by Gasteiger charge is 2.15. The number of ether oxygens (including phenoxy) is 1. The van der Waals surface area contributed by atoms with Gasteiger partial charge >= 0.3 is 0 Å². The molecule has 34 heavy (non-hydrogen) atoms. The maximum Gasteiger partial charge on any atom is 0.250 e. The van der Waals surface area contributed by atoms with E-state index in [9.17, 15) is 13.2 Å². The molecule has 0 aliphatic rings. The minimum Gasteiger partial charge on any atom is -0.497 e. The standard InChI is InChI=1S/C25H21N3O4S2/c1-32-21-7-5-20(6-8-21)23-16-33-25(27-23)28-24(29)11-4-18-2-9-22(10-3-18)34(30,31)17-19-12-14-26-15-13-19/h2-16H,17H2,1H3,(H,27,28,29)/b11-4-. The zero-order valence-electron chi connectivity index (χ0n) is 18.2. The van der Waals surface area contributed by atoms with E-state index in [1.54, 1.807) is 49.8 Å². The summed E-state index contributed by atoms with van der Waals surface area (Å²) in [5.41, 5.74) is 3.06. The Labute approximate surface area is 201 Å². The lowest BCUT2D eigenvalue weighted by Crippen LogP contribution is -2.07. The molecule has 0 unspecified atom stereocenters. The number of hydrogen-bond acceptors (Lipinski definition) is 7. The van der Waals surface area contributed by atoms with Gasteiger partial charge in [-0.15, -0.1) is 11.3 Å². The minimum atomic E-state index is -3.47. The lowest BCUT2D eigenvalue weighted by Gasteiger charge is -2.05. The van der Waals surface area contributed by atoms with Gasteiger partial charge in [0.15, 0.2) is 15.0 Å². The van der Waals surface area contributed by atoms with Crippen LogP contribution < -0.4 is 10.1 Å². The Morgan fingerprint density at radius 3 is 2.41 bits per heavy atom. The fourth-order valence-electron chi connectivity index (χ4n) is 3.11. The Hall–Kier alpha value is -3.82. The topological polar surface area (TPSA) is 98.2 Å². The van der Waals surface area contributed by atoms with E-state index < -0.39 is 9.84 Å². The van der Waals surface area contributed by atoms with Crippen LogP contribution in [0.5, 0.6) is 5.75 Å². The minimum absolute atomic E-state index is 0.0978. The molecule has 1 amide bonds. The number of methoxy groups -OCH3 is 1. The summed E-state index contributed by atoms with van der Waals surface area (Å²) >= 11 is 1.33. The largest absolute Gasteiger partial charge is 0.497 e. The van der Waals surface area contributed by atoms with E-state index in [1.165, 1.54) is 29.5 Å². The average molecular weight is 492 g/mol. The number of benzene rings is 2. The third-order valence-electron chi connectivity index (χ3n) is 4.89. The van der Waals surface area contributed by atoms with Gasteiger partial charge in [0.25, 0.3) is 0 Å². The van der Waals surface area contributed by atoms with Crippen LogP contribution >= 0.6 is 11.3 Å². The highest BCUT2D eigenvalue weighted by atomic mass is 32.2. The molecule has 2 aromatic carbocycles. The van der Waals surface area contributed by atoms with Crippen LogP contribution in [0.1, 0.15) is 11.1 Å². The Kier molecular flexibility index (Phi) is 7.15. The summed E-state index contributed by atoms with van der Waals surface area (Å²) in [6.07, 6.45) is 6.13. The number of carbonyl (C=O) groups excluding carboxylic acids is 1. The molecular weight excluding hydrogens is 470 g/mol. The first-order valence-electron chi connectivity index (χ1n) is 10.2. The fourth-order valence-corrected chi connectivity index (χ4v) is 5.18. The molecule has 0 saturated carbocycles. The second-order valence-corrected chi connectivity index (χ2v) is 10.1. The van der Waals surface area contributed by atoms with Gasteiger partial charge in [0.05, 0.1) is 23.5 Å². The van der Waals surface area contributed by atoms with E-state index >= 15 is 0 Å². The fraction of sp³-hybridized carbons (Fsp3) is 0.0800. The molecule has 7 nitrogen and oxygen atoms in total. The number of hydrogen-bond donors (Lipinski definition) is 1. The van der Waals surface area contributed by atoms with Crippen LogP contribution in [0, 0.1) is 0 Å². The number of carbonyl (C=O) groups is 1. The lowest BCUT2D eigenvalue weighted by molar-refractivity contribution is -0.111. The Bertz CT molecular complexity index is 1400. The molecule has 0 fully saturated rings. The number of nitrogens with zero attached hydrogens (tertiary/aromatic N) is 2. The van der Waals surface area contributed by atoms with E-state index in [2.05, 4.69) is 15.3 Å². The van der Waals surface area contributed by atoms with E-state index in [-0.39, 0.29) is 16.6 Å². The van der Waals surface area contributed by atoms with Gasteiger partial charge in [-0.25, -0.2) is 13.4 Å². The molecule has 2 aromatic heterocycles. The molecule has 0 aliphatic carbocycles. The average Bonchev–Trinajstić information content (AvgIpc) is 3.32. The summed E-state index contributed by atoms with van der Waals surface area (Å²) in [7, 11) is -1.86. The van der Waals surface area contributed by atoms with Crippen LogP contribution in [0.4, 0.5) is 5.13 Å². The number of rotatable bonds is 8. The van der Waals surface area contributed by atoms with E-state index in [4.69, 9.17) is 4.74 Å². The van der Waals surface area contributed by atoms with Gasteiger partial charge in [-0.05, 0) is 65.7 Å². The summed E-state index contributed by atoms with van der Waals surface area (Å²) < 4.78 is 30.4. The van der Waals surface area contributed by atoms with Gasteiger partial charge in [0.1, 0.15) is 5.75 Å². The van der Waals surface area contributed by atoms with Crippen LogP contribution in [-0.2, 0) is 20.4 Å². The van der Waals surface area contributed by atoms with E-state index in [1.807, 2.05) is 29.6 Å². The molecule has 0 radical (unpaired) electrons. The molecule has 0 spiro atoms. The molecular formula is C25H21N3O4S2. The van der Waals surface area contributed by atoms with E-state index in [0.29, 0.717) is 16.3 Å². The molecule has 0 saturated heterocycles. The van der Waals surface area contributed by atoms with E-state index in [0.717, 1.165) is 17.0 Å². The zero-order valence-corrected chi connectivity index (χ0v) is 19.8. The Morgan fingerprint density at radius 2 is 1.74 bits per heavy atom. The second-order valence-electron chi connectivity index (χ2n) is 7.27. The van der Waals surface area contributed by atoms with Crippen molar-refractivity contribution in [1.29, 1.82) is 0 Å². The molecule has 0 bridgehead atoms. The molecule has 4 aromatic rings. The van der Waals surface area contributed by atoms with Gasteiger partial charge in [0, 0.05) is 29.4 Å². The molecule has 0 atom stereocenters. The zero-order chi connectivity index (χ0) is 24.0. The molecule has 9 heteroatoms. The van der Waals surface area contributed by atoms with Crippen LogP contribution in [0.3, 0.4) is 0 Å². The molecule has 0 aliphatic heterocycles. The maximum absolute atomic E-state index is 12.6. The van der Waals surface area contributed by atoms with Crippen molar-refractivity contribution in [1.82, 2.24) is 9.97 Å². The summed E-state index contributed by atoms with van der Waals surface area (Å²) in [5, 5.41) is 5.10. The van der Waals surface area contributed by atoms with Gasteiger partial charge in [0.2, 0.25) is 5.91 Å². The number of anilines is 1. The van der Waals surface area contributed by atoms with Crippen molar-refractivity contribution < 1.29 is 17.9 Å². The quantitative estimate of drug-likeness (QED) is 0.354. The third kappa shape index (κ3) is 5.94. The normalized spacial score (nSPS) is 11.4. The summed E-state index contributed by atoms with van der Waals surface area (Å²) in [4.78, 5) is 20.9. The van der Waals surface area contributed by atoms with Gasteiger partial charge in [-0.2, -0.15) is 0 Å². The molecule has 2 heterocycles. The molecule has 172 valence electrons. The summed E-state index contributed by atoms with van der Waals surface area (Å²) in [6, 6.07) is 17.3. The number of nitrogens with one attached hydrogen (secondary N) is 1. The third-order valence-corrected chi connectivity index (χ3v) is 7.35. The lowest BCUT2D eigenvalue weighted by atomic mass is 10.2. The van der Waals surface area contributed by atoms with Crippen LogP contribution in [0.2, 0.25) is 0 Å². The van der Waals surface area contributed by atoms with Crippen molar-refractivity contribution in [2.45, 2.75) is 10.6 Å². The number of thiazole rings is 1. The highest BCUT2D eigenvalue weighted by molar-refractivity contribution is 7.90. The van der Waals surface area contributed by atoms with Crippen LogP contribution in [-0.4, -0.2) is 31.4 Å². The van der Waals surface area contributed by atoms with Gasteiger partial charge in [-0.1, -0.05) is 12.1 Å². The highest BCUT2D eigenvalue weighted by Crippen LogP contribution is 2.26. The monoisotopic (exact) mass is 491 g/mol. The van der Waals surface area contributed by atoms with Crippen LogP contribution in [0.25, 0.3) is 17.3 Å². The molecule has 1 N–H and O–H groups in total. The first-order chi connectivity index (χ1) is 16.4. The second kappa shape index (κ2) is 10.4. The van der Waals surface area contributed by atoms with Crippen molar-refractivity contribution in [3.05, 3.63) is 95.6 Å². The number of pyridine rings is 1. The van der Waals surface area contributed by atoms with Gasteiger partial charge < -0.3 is 4.74 Å².